The predicted molar refractivity (Wildman–Crippen MR) is 72.0 cm³/mol. The van der Waals surface area contributed by atoms with Gasteiger partial charge in [-0.2, -0.15) is 0 Å². The molecule has 1 nitrogen and oxygen atoms in total. The fourth-order valence-electron chi connectivity index (χ4n) is 1.72. The van der Waals surface area contributed by atoms with Gasteiger partial charge < -0.3 is 4.43 Å². The molecule has 0 amide bonds. The van der Waals surface area contributed by atoms with Gasteiger partial charge in [0.05, 0.1) is 0 Å². The number of hydrogen-bond acceptors (Lipinski definition) is 1. The second-order valence-corrected chi connectivity index (χ2v) is 9.41. The number of hydrogen-bond donors (Lipinski definition) is 0. The maximum absolute atomic E-state index is 6.22. The second-order valence-electron chi connectivity index (χ2n) is 3.80. The topological polar surface area (TPSA) is 9.23 Å². The van der Waals surface area contributed by atoms with Crippen LogP contribution >= 0.6 is 15.9 Å². The monoisotopic (exact) mass is 286 g/mol. The second kappa shape index (κ2) is 5.71. The van der Waals surface area contributed by atoms with E-state index in [2.05, 4.69) is 36.7 Å². The van der Waals surface area contributed by atoms with Crippen molar-refractivity contribution in [1.29, 1.82) is 0 Å². The van der Waals surface area contributed by atoms with Crippen molar-refractivity contribution in [2.75, 3.05) is 0 Å². The van der Waals surface area contributed by atoms with Gasteiger partial charge in [-0.15, -0.1) is 0 Å². The maximum Gasteiger partial charge on any atom is 0.250 e. The highest BCUT2D eigenvalue weighted by Crippen LogP contribution is 2.26. The van der Waals surface area contributed by atoms with Crippen molar-refractivity contribution in [2.24, 2.45) is 0 Å². The standard InChI is InChI=1S/C12H19BrOSi/c1-4-15(5-2,6-3)14-12-9-7-11(13)8-10-12/h7-10H,4-6H2,1-3H3. The van der Waals surface area contributed by atoms with Gasteiger partial charge in [-0.3, -0.25) is 0 Å². The summed E-state index contributed by atoms with van der Waals surface area (Å²) in [5.74, 6) is 1.02. The molecule has 0 heterocycles. The van der Waals surface area contributed by atoms with E-state index in [4.69, 9.17) is 4.43 Å². The summed E-state index contributed by atoms with van der Waals surface area (Å²) in [6.07, 6.45) is 0. The van der Waals surface area contributed by atoms with Crippen molar-refractivity contribution >= 4 is 24.2 Å². The molecule has 0 unspecified atom stereocenters. The Bertz CT molecular complexity index is 285. The normalized spacial score (nSPS) is 11.5. The van der Waals surface area contributed by atoms with E-state index in [-0.39, 0.29) is 0 Å². The van der Waals surface area contributed by atoms with Gasteiger partial charge >= 0.3 is 0 Å². The van der Waals surface area contributed by atoms with Crippen LogP contribution in [0.4, 0.5) is 0 Å². The van der Waals surface area contributed by atoms with E-state index in [1.807, 2.05) is 24.3 Å². The highest BCUT2D eigenvalue weighted by molar-refractivity contribution is 9.10. The minimum absolute atomic E-state index is 1.02. The Hall–Kier alpha value is -0.283. The molecule has 0 saturated heterocycles. The average Bonchev–Trinajstić information content (AvgIpc) is 2.29. The molecular weight excluding hydrogens is 268 g/mol. The summed E-state index contributed by atoms with van der Waals surface area (Å²) in [6, 6.07) is 11.7. The minimum Gasteiger partial charge on any atom is -0.544 e. The fourth-order valence-corrected chi connectivity index (χ4v) is 4.55. The quantitative estimate of drug-likeness (QED) is 0.705. The molecule has 15 heavy (non-hydrogen) atoms. The molecule has 0 saturated carbocycles. The number of benzene rings is 1. The van der Waals surface area contributed by atoms with Crippen LogP contribution in [0.3, 0.4) is 0 Å². The molecule has 1 rings (SSSR count). The van der Waals surface area contributed by atoms with Crippen molar-refractivity contribution in [3.63, 3.8) is 0 Å². The molecule has 84 valence electrons. The first kappa shape index (κ1) is 12.8. The highest BCUT2D eigenvalue weighted by Gasteiger charge is 2.30. The van der Waals surface area contributed by atoms with Gasteiger partial charge in [0.25, 0.3) is 0 Å². The van der Waals surface area contributed by atoms with Crippen molar-refractivity contribution < 1.29 is 4.43 Å². The molecule has 1 aromatic rings. The highest BCUT2D eigenvalue weighted by atomic mass is 79.9. The minimum atomic E-state index is -1.49. The Kier molecular flexibility index (Phi) is 4.86. The fraction of sp³-hybridized carbons (Fsp3) is 0.500. The Labute approximate surface area is 102 Å². The molecule has 0 aliphatic carbocycles. The van der Waals surface area contributed by atoms with Crippen molar-refractivity contribution in [2.45, 2.75) is 38.9 Å². The van der Waals surface area contributed by atoms with Crippen LogP contribution in [0.1, 0.15) is 20.8 Å². The molecule has 0 spiro atoms. The third-order valence-corrected chi connectivity index (χ3v) is 8.14. The molecular formula is C12H19BrOSi. The van der Waals surface area contributed by atoms with E-state index in [1.54, 1.807) is 0 Å². The summed E-state index contributed by atoms with van der Waals surface area (Å²) in [6.45, 7) is 6.74. The summed E-state index contributed by atoms with van der Waals surface area (Å²) in [5, 5.41) is 0. The molecule has 0 N–H and O–H groups in total. The van der Waals surface area contributed by atoms with Gasteiger partial charge in [-0.1, -0.05) is 36.7 Å². The Balaban J connectivity index is 2.78. The lowest BCUT2D eigenvalue weighted by atomic mass is 10.3. The first-order valence-corrected chi connectivity index (χ1v) is 8.92. The lowest BCUT2D eigenvalue weighted by Gasteiger charge is -2.28. The van der Waals surface area contributed by atoms with Crippen LogP contribution < -0.4 is 4.43 Å². The molecule has 0 atom stereocenters. The average molecular weight is 287 g/mol. The Morgan fingerprint density at radius 1 is 1.00 bits per heavy atom. The van der Waals surface area contributed by atoms with Gasteiger partial charge in [-0.25, -0.2) is 0 Å². The Morgan fingerprint density at radius 3 is 1.87 bits per heavy atom. The third-order valence-electron chi connectivity index (χ3n) is 3.08. The zero-order valence-corrected chi connectivity index (χ0v) is 12.3. The number of halogens is 1. The largest absolute Gasteiger partial charge is 0.544 e. The SMILES string of the molecule is CC[Si](CC)(CC)Oc1ccc(Br)cc1. The summed E-state index contributed by atoms with van der Waals surface area (Å²) < 4.78 is 7.33. The van der Waals surface area contributed by atoms with Crippen LogP contribution in [0.15, 0.2) is 28.7 Å². The van der Waals surface area contributed by atoms with Crippen molar-refractivity contribution in [1.82, 2.24) is 0 Å². The van der Waals surface area contributed by atoms with Crippen molar-refractivity contribution in [3.05, 3.63) is 28.7 Å². The molecule has 0 radical (unpaired) electrons. The van der Waals surface area contributed by atoms with Crippen LogP contribution in [-0.4, -0.2) is 8.32 Å². The third kappa shape index (κ3) is 3.35. The molecule has 0 bridgehead atoms. The first-order valence-electron chi connectivity index (χ1n) is 5.60. The van der Waals surface area contributed by atoms with E-state index in [9.17, 15) is 0 Å². The molecule has 0 aliphatic rings. The van der Waals surface area contributed by atoms with Crippen molar-refractivity contribution in [3.8, 4) is 5.75 Å². The lowest BCUT2D eigenvalue weighted by molar-refractivity contribution is 0.532. The van der Waals surface area contributed by atoms with E-state index >= 15 is 0 Å². The molecule has 1 aromatic carbocycles. The van der Waals surface area contributed by atoms with Gasteiger partial charge in [0.15, 0.2) is 0 Å². The molecule has 0 aromatic heterocycles. The van der Waals surface area contributed by atoms with Crippen LogP contribution in [0.2, 0.25) is 18.1 Å². The summed E-state index contributed by atoms with van der Waals surface area (Å²) in [7, 11) is -1.49. The maximum atomic E-state index is 6.22. The summed E-state index contributed by atoms with van der Waals surface area (Å²) in [4.78, 5) is 0. The van der Waals surface area contributed by atoms with Gasteiger partial charge in [0.2, 0.25) is 8.32 Å². The summed E-state index contributed by atoms with van der Waals surface area (Å²) in [5.41, 5.74) is 0. The van der Waals surface area contributed by atoms with Gasteiger partial charge in [0.1, 0.15) is 5.75 Å². The molecule has 3 heteroatoms. The molecule has 0 fully saturated rings. The van der Waals surface area contributed by atoms with E-state index < -0.39 is 8.32 Å². The van der Waals surface area contributed by atoms with Crippen LogP contribution in [-0.2, 0) is 0 Å². The van der Waals surface area contributed by atoms with E-state index in [0.29, 0.717) is 0 Å². The van der Waals surface area contributed by atoms with Gasteiger partial charge in [0, 0.05) is 4.47 Å². The van der Waals surface area contributed by atoms with Crippen LogP contribution in [0.5, 0.6) is 5.75 Å². The van der Waals surface area contributed by atoms with E-state index in [0.717, 1.165) is 10.2 Å². The lowest BCUT2D eigenvalue weighted by Crippen LogP contribution is -2.39. The molecule has 0 aliphatic heterocycles. The first-order chi connectivity index (χ1) is 7.15. The number of rotatable bonds is 5. The zero-order valence-electron chi connectivity index (χ0n) is 9.72. The Morgan fingerprint density at radius 2 is 1.47 bits per heavy atom. The summed E-state index contributed by atoms with van der Waals surface area (Å²) >= 11 is 3.43. The van der Waals surface area contributed by atoms with Crippen LogP contribution in [0.25, 0.3) is 0 Å². The van der Waals surface area contributed by atoms with Crippen LogP contribution in [0, 0.1) is 0 Å². The predicted octanol–water partition coefficient (Wildman–Crippen LogP) is 4.83. The zero-order chi connectivity index (χ0) is 11.3. The smallest absolute Gasteiger partial charge is 0.250 e. The van der Waals surface area contributed by atoms with E-state index in [1.165, 1.54) is 18.1 Å². The van der Waals surface area contributed by atoms with Gasteiger partial charge in [-0.05, 0) is 42.4 Å².